The molecule has 0 spiro atoms. The molecular formula is C18H30N2O. The Hall–Kier alpha value is -1.06. The van der Waals surface area contributed by atoms with Gasteiger partial charge < -0.3 is 15.0 Å². The third-order valence-electron chi connectivity index (χ3n) is 4.49. The molecule has 2 rings (SSSR count). The Bertz CT molecular complexity index is 425. The lowest BCUT2D eigenvalue weighted by Gasteiger charge is -2.30. The summed E-state index contributed by atoms with van der Waals surface area (Å²) in [4.78, 5) is 2.61. The average molecular weight is 290 g/mol. The fraction of sp³-hybridized carbons (Fsp3) is 0.667. The lowest BCUT2D eigenvalue weighted by Crippen LogP contribution is -2.34. The molecule has 0 amide bonds. The van der Waals surface area contributed by atoms with Crippen molar-refractivity contribution in [2.75, 3.05) is 33.3 Å². The van der Waals surface area contributed by atoms with Crippen LogP contribution in [0.1, 0.15) is 37.3 Å². The Morgan fingerprint density at radius 1 is 1.29 bits per heavy atom. The summed E-state index contributed by atoms with van der Waals surface area (Å²) in [6, 6.07) is 6.41. The third kappa shape index (κ3) is 5.33. The number of piperidine rings is 1. The lowest BCUT2D eigenvalue weighted by molar-refractivity contribution is 0.190. The number of benzene rings is 1. The number of nitrogens with one attached hydrogen (secondary N) is 1. The van der Waals surface area contributed by atoms with Crippen molar-refractivity contribution in [2.45, 2.75) is 39.7 Å². The molecule has 1 N–H and O–H groups in total. The van der Waals surface area contributed by atoms with Gasteiger partial charge in [-0.25, -0.2) is 0 Å². The summed E-state index contributed by atoms with van der Waals surface area (Å²) in [5, 5.41) is 3.55. The molecular weight excluding hydrogens is 260 g/mol. The van der Waals surface area contributed by atoms with E-state index < -0.39 is 0 Å². The van der Waals surface area contributed by atoms with Crippen LogP contribution in [-0.4, -0.2) is 38.2 Å². The van der Waals surface area contributed by atoms with Gasteiger partial charge in [-0.3, -0.25) is 0 Å². The van der Waals surface area contributed by atoms with Crippen LogP contribution in [-0.2, 0) is 6.54 Å². The van der Waals surface area contributed by atoms with Gasteiger partial charge in [0.05, 0.1) is 7.11 Å². The highest BCUT2D eigenvalue weighted by atomic mass is 16.5. The van der Waals surface area contributed by atoms with Gasteiger partial charge in [0.25, 0.3) is 0 Å². The van der Waals surface area contributed by atoms with Crippen molar-refractivity contribution >= 4 is 0 Å². The molecule has 1 aliphatic heterocycles. The maximum atomic E-state index is 5.29. The van der Waals surface area contributed by atoms with Gasteiger partial charge in [0.15, 0.2) is 0 Å². The number of hydrogen-bond acceptors (Lipinski definition) is 3. The fourth-order valence-electron chi connectivity index (χ4n) is 3.00. The van der Waals surface area contributed by atoms with E-state index in [2.05, 4.69) is 42.3 Å². The highest BCUT2D eigenvalue weighted by Gasteiger charge is 2.14. The van der Waals surface area contributed by atoms with Crippen LogP contribution in [0.5, 0.6) is 5.75 Å². The first-order valence-corrected chi connectivity index (χ1v) is 8.25. The predicted molar refractivity (Wildman–Crippen MR) is 88.9 cm³/mol. The fourth-order valence-corrected chi connectivity index (χ4v) is 3.00. The molecule has 21 heavy (non-hydrogen) atoms. The SMILES string of the molecule is COc1ccc(CNCCCN2CCC(C)CC2)cc1C. The van der Waals surface area contributed by atoms with Gasteiger partial charge in [0, 0.05) is 6.54 Å². The topological polar surface area (TPSA) is 24.5 Å². The minimum Gasteiger partial charge on any atom is -0.496 e. The van der Waals surface area contributed by atoms with Gasteiger partial charge >= 0.3 is 0 Å². The van der Waals surface area contributed by atoms with E-state index in [0.717, 1.165) is 24.8 Å². The van der Waals surface area contributed by atoms with E-state index in [-0.39, 0.29) is 0 Å². The average Bonchev–Trinajstić information content (AvgIpc) is 2.49. The van der Waals surface area contributed by atoms with Crippen molar-refractivity contribution in [1.29, 1.82) is 0 Å². The van der Waals surface area contributed by atoms with E-state index in [1.54, 1.807) is 7.11 Å². The van der Waals surface area contributed by atoms with Gasteiger partial charge in [0.1, 0.15) is 5.75 Å². The van der Waals surface area contributed by atoms with Crippen molar-refractivity contribution < 1.29 is 4.74 Å². The highest BCUT2D eigenvalue weighted by molar-refractivity contribution is 5.36. The lowest BCUT2D eigenvalue weighted by atomic mass is 9.99. The van der Waals surface area contributed by atoms with Gasteiger partial charge in [-0.2, -0.15) is 0 Å². The molecule has 1 aliphatic rings. The van der Waals surface area contributed by atoms with E-state index in [9.17, 15) is 0 Å². The number of aryl methyl sites for hydroxylation is 1. The molecule has 0 aromatic heterocycles. The standard InChI is InChI=1S/C18H30N2O/c1-15-7-11-20(12-8-15)10-4-9-19-14-17-5-6-18(21-3)16(2)13-17/h5-6,13,15,19H,4,7-12,14H2,1-3H3. The second-order valence-corrected chi connectivity index (χ2v) is 6.36. The molecule has 0 atom stereocenters. The number of nitrogens with zero attached hydrogens (tertiary/aromatic N) is 1. The van der Waals surface area contributed by atoms with Crippen LogP contribution < -0.4 is 10.1 Å². The summed E-state index contributed by atoms with van der Waals surface area (Å²) in [5.41, 5.74) is 2.54. The Morgan fingerprint density at radius 3 is 2.71 bits per heavy atom. The van der Waals surface area contributed by atoms with Gasteiger partial charge in [-0.05, 0) is 75.5 Å². The summed E-state index contributed by atoms with van der Waals surface area (Å²) in [7, 11) is 1.72. The number of rotatable bonds is 7. The molecule has 1 fully saturated rings. The normalized spacial score (nSPS) is 17.1. The van der Waals surface area contributed by atoms with E-state index in [1.165, 1.54) is 50.0 Å². The van der Waals surface area contributed by atoms with Crippen LogP contribution in [0.4, 0.5) is 0 Å². The molecule has 3 nitrogen and oxygen atoms in total. The highest BCUT2D eigenvalue weighted by Crippen LogP contribution is 2.18. The number of methoxy groups -OCH3 is 1. The Kier molecular flexibility index (Phi) is 6.52. The minimum atomic E-state index is 0.928. The molecule has 0 unspecified atom stereocenters. The first-order valence-electron chi connectivity index (χ1n) is 8.25. The second kappa shape index (κ2) is 8.40. The summed E-state index contributed by atoms with van der Waals surface area (Å²) in [5.74, 6) is 1.90. The first kappa shape index (κ1) is 16.3. The molecule has 0 radical (unpaired) electrons. The smallest absolute Gasteiger partial charge is 0.121 e. The number of likely N-dealkylation sites (tertiary alicyclic amines) is 1. The molecule has 1 aromatic carbocycles. The van der Waals surface area contributed by atoms with Crippen molar-refractivity contribution in [1.82, 2.24) is 10.2 Å². The minimum absolute atomic E-state index is 0.928. The van der Waals surface area contributed by atoms with Crippen LogP contribution in [0.3, 0.4) is 0 Å². The van der Waals surface area contributed by atoms with Crippen LogP contribution in [0.25, 0.3) is 0 Å². The molecule has 1 aromatic rings. The summed E-state index contributed by atoms with van der Waals surface area (Å²) < 4.78 is 5.29. The number of ether oxygens (including phenoxy) is 1. The molecule has 1 heterocycles. The summed E-state index contributed by atoms with van der Waals surface area (Å²) in [6.45, 7) is 10.3. The van der Waals surface area contributed by atoms with Crippen LogP contribution in [0.2, 0.25) is 0 Å². The largest absolute Gasteiger partial charge is 0.496 e. The maximum absolute atomic E-state index is 5.29. The van der Waals surface area contributed by atoms with Gasteiger partial charge in [-0.1, -0.05) is 19.1 Å². The third-order valence-corrected chi connectivity index (χ3v) is 4.49. The summed E-state index contributed by atoms with van der Waals surface area (Å²) >= 11 is 0. The molecule has 1 saturated heterocycles. The van der Waals surface area contributed by atoms with Crippen molar-refractivity contribution in [3.05, 3.63) is 29.3 Å². The Morgan fingerprint density at radius 2 is 2.05 bits per heavy atom. The zero-order chi connectivity index (χ0) is 15.1. The van der Waals surface area contributed by atoms with E-state index >= 15 is 0 Å². The predicted octanol–water partition coefficient (Wildman–Crippen LogP) is 3.22. The van der Waals surface area contributed by atoms with Crippen LogP contribution in [0.15, 0.2) is 18.2 Å². The van der Waals surface area contributed by atoms with E-state index in [4.69, 9.17) is 4.74 Å². The second-order valence-electron chi connectivity index (χ2n) is 6.36. The first-order chi connectivity index (χ1) is 10.2. The molecule has 0 aliphatic carbocycles. The van der Waals surface area contributed by atoms with Gasteiger partial charge in [-0.15, -0.1) is 0 Å². The van der Waals surface area contributed by atoms with Crippen molar-refractivity contribution in [2.24, 2.45) is 5.92 Å². The monoisotopic (exact) mass is 290 g/mol. The van der Waals surface area contributed by atoms with E-state index in [1.807, 2.05) is 0 Å². The maximum Gasteiger partial charge on any atom is 0.121 e. The Balaban J connectivity index is 1.60. The van der Waals surface area contributed by atoms with Crippen LogP contribution in [0, 0.1) is 12.8 Å². The number of hydrogen-bond donors (Lipinski definition) is 1. The Labute approximate surface area is 129 Å². The van der Waals surface area contributed by atoms with Crippen molar-refractivity contribution in [3.63, 3.8) is 0 Å². The zero-order valence-electron chi connectivity index (χ0n) is 13.8. The zero-order valence-corrected chi connectivity index (χ0v) is 13.8. The quantitative estimate of drug-likeness (QED) is 0.780. The summed E-state index contributed by atoms with van der Waals surface area (Å²) in [6.07, 6.45) is 3.99. The molecule has 0 bridgehead atoms. The molecule has 0 saturated carbocycles. The molecule has 3 heteroatoms. The van der Waals surface area contributed by atoms with Crippen LogP contribution >= 0.6 is 0 Å². The molecule has 118 valence electrons. The van der Waals surface area contributed by atoms with Crippen molar-refractivity contribution in [3.8, 4) is 5.75 Å². The van der Waals surface area contributed by atoms with Gasteiger partial charge in [0.2, 0.25) is 0 Å². The van der Waals surface area contributed by atoms with E-state index in [0.29, 0.717) is 0 Å².